The topological polar surface area (TPSA) is 92.3 Å². The van der Waals surface area contributed by atoms with E-state index in [0.29, 0.717) is 10.0 Å². The summed E-state index contributed by atoms with van der Waals surface area (Å²) in [5, 5.41) is 5.56. The third-order valence-electron chi connectivity index (χ3n) is 4.76. The van der Waals surface area contributed by atoms with Gasteiger partial charge < -0.3 is 10.6 Å². The maximum atomic E-state index is 12.9. The fourth-order valence-corrected chi connectivity index (χ4v) is 4.05. The second-order valence-electron chi connectivity index (χ2n) is 7.25. The fourth-order valence-electron chi connectivity index (χ4n) is 2.92. The van der Waals surface area contributed by atoms with E-state index in [1.807, 2.05) is 31.2 Å². The zero-order valence-electron chi connectivity index (χ0n) is 17.3. The highest BCUT2D eigenvalue weighted by Gasteiger charge is 2.25. The van der Waals surface area contributed by atoms with E-state index in [1.165, 1.54) is 5.56 Å². The van der Waals surface area contributed by atoms with Crippen LogP contribution in [-0.2, 0) is 21.1 Å². The third-order valence-corrected chi connectivity index (χ3v) is 6.43. The van der Waals surface area contributed by atoms with Crippen LogP contribution in [0.4, 0.5) is 0 Å². The standard InChI is InChI=1S/C22H27BrN2O4S/c1-4-16-9-11-17(12-10-16)15(2)24-22(27)20(13-14-30(3,28)29)25-21(26)18-7-5-6-8-19(18)23/h5-12,15,20H,4,13-14H2,1-3H3,(H,24,27)(H,25,26). The lowest BCUT2D eigenvalue weighted by Gasteiger charge is -2.22. The Morgan fingerprint density at radius 2 is 1.67 bits per heavy atom. The van der Waals surface area contributed by atoms with E-state index in [2.05, 4.69) is 33.5 Å². The third kappa shape index (κ3) is 7.25. The SMILES string of the molecule is CCc1ccc(C(C)NC(=O)C(CCS(C)(=O)=O)NC(=O)c2ccccc2Br)cc1. The van der Waals surface area contributed by atoms with Crippen molar-refractivity contribution in [3.63, 3.8) is 0 Å². The van der Waals surface area contributed by atoms with E-state index in [0.717, 1.165) is 18.2 Å². The molecule has 2 amide bonds. The predicted molar refractivity (Wildman–Crippen MR) is 122 cm³/mol. The van der Waals surface area contributed by atoms with E-state index in [1.54, 1.807) is 24.3 Å². The molecule has 0 aliphatic carbocycles. The predicted octanol–water partition coefficient (Wildman–Crippen LogP) is 3.42. The van der Waals surface area contributed by atoms with Gasteiger partial charge in [0.15, 0.2) is 0 Å². The lowest BCUT2D eigenvalue weighted by atomic mass is 10.0. The first-order chi connectivity index (χ1) is 14.1. The summed E-state index contributed by atoms with van der Waals surface area (Å²) in [6.07, 6.45) is 2.02. The Labute approximate surface area is 186 Å². The summed E-state index contributed by atoms with van der Waals surface area (Å²) >= 11 is 3.32. The number of carbonyl (C=O) groups excluding carboxylic acids is 2. The Bertz CT molecular complexity index is 990. The van der Waals surface area contributed by atoms with E-state index < -0.39 is 27.7 Å². The van der Waals surface area contributed by atoms with Crippen LogP contribution in [0.15, 0.2) is 53.0 Å². The summed E-state index contributed by atoms with van der Waals surface area (Å²) in [5.41, 5.74) is 2.50. The van der Waals surface area contributed by atoms with Crippen molar-refractivity contribution >= 4 is 37.6 Å². The van der Waals surface area contributed by atoms with Crippen LogP contribution in [0, 0.1) is 0 Å². The highest BCUT2D eigenvalue weighted by Crippen LogP contribution is 2.17. The minimum absolute atomic E-state index is 0.0116. The molecule has 8 heteroatoms. The Kier molecular flexibility index (Phi) is 8.61. The normalized spacial score (nSPS) is 13.3. The Morgan fingerprint density at radius 3 is 2.23 bits per heavy atom. The van der Waals surface area contributed by atoms with Gasteiger partial charge in [-0.3, -0.25) is 9.59 Å². The largest absolute Gasteiger partial charge is 0.348 e. The molecule has 0 fully saturated rings. The number of amides is 2. The molecule has 0 aliphatic rings. The van der Waals surface area contributed by atoms with Gasteiger partial charge in [0.2, 0.25) is 5.91 Å². The fraction of sp³-hybridized carbons (Fsp3) is 0.364. The smallest absolute Gasteiger partial charge is 0.253 e. The average Bonchev–Trinajstić information content (AvgIpc) is 2.70. The highest BCUT2D eigenvalue weighted by molar-refractivity contribution is 9.10. The molecule has 6 nitrogen and oxygen atoms in total. The first kappa shape index (κ1) is 24.1. The van der Waals surface area contributed by atoms with Gasteiger partial charge >= 0.3 is 0 Å². The molecule has 0 heterocycles. The van der Waals surface area contributed by atoms with Crippen LogP contribution in [-0.4, -0.2) is 38.3 Å². The van der Waals surface area contributed by atoms with Crippen molar-refractivity contribution in [1.29, 1.82) is 0 Å². The van der Waals surface area contributed by atoms with Crippen LogP contribution < -0.4 is 10.6 Å². The van der Waals surface area contributed by atoms with Crippen molar-refractivity contribution in [3.8, 4) is 0 Å². The number of aryl methyl sites for hydroxylation is 1. The number of benzene rings is 2. The van der Waals surface area contributed by atoms with Gasteiger partial charge in [-0.2, -0.15) is 0 Å². The zero-order valence-corrected chi connectivity index (χ0v) is 19.7. The molecule has 2 rings (SSSR count). The molecule has 162 valence electrons. The molecule has 0 spiro atoms. The Hall–Kier alpha value is -2.19. The van der Waals surface area contributed by atoms with Gasteiger partial charge in [-0.05, 0) is 59.0 Å². The van der Waals surface area contributed by atoms with Crippen molar-refractivity contribution in [2.24, 2.45) is 0 Å². The van der Waals surface area contributed by atoms with Gasteiger partial charge in [0.05, 0.1) is 17.4 Å². The van der Waals surface area contributed by atoms with E-state index >= 15 is 0 Å². The quantitative estimate of drug-likeness (QED) is 0.558. The monoisotopic (exact) mass is 494 g/mol. The van der Waals surface area contributed by atoms with Crippen LogP contribution in [0.3, 0.4) is 0 Å². The molecule has 2 unspecified atom stereocenters. The summed E-state index contributed by atoms with van der Waals surface area (Å²) < 4.78 is 23.8. The summed E-state index contributed by atoms with van der Waals surface area (Å²) in [6.45, 7) is 3.92. The van der Waals surface area contributed by atoms with Gasteiger partial charge in [0, 0.05) is 10.7 Å². The van der Waals surface area contributed by atoms with Gasteiger partial charge in [-0.25, -0.2) is 8.42 Å². The average molecular weight is 495 g/mol. The lowest BCUT2D eigenvalue weighted by molar-refractivity contribution is -0.123. The van der Waals surface area contributed by atoms with Gasteiger partial charge in [0.1, 0.15) is 15.9 Å². The number of rotatable bonds is 9. The van der Waals surface area contributed by atoms with Crippen LogP contribution >= 0.6 is 15.9 Å². The molecule has 0 saturated carbocycles. The Balaban J connectivity index is 2.14. The molecule has 2 aromatic rings. The van der Waals surface area contributed by atoms with Crippen molar-refractivity contribution in [1.82, 2.24) is 10.6 Å². The zero-order chi connectivity index (χ0) is 22.3. The van der Waals surface area contributed by atoms with Crippen LogP contribution in [0.2, 0.25) is 0 Å². The number of hydrogen-bond donors (Lipinski definition) is 2. The number of hydrogen-bond acceptors (Lipinski definition) is 4. The molecule has 0 radical (unpaired) electrons. The molecular weight excluding hydrogens is 468 g/mol. The number of carbonyl (C=O) groups is 2. The molecule has 0 aliphatic heterocycles. The van der Waals surface area contributed by atoms with E-state index in [-0.39, 0.29) is 18.2 Å². The van der Waals surface area contributed by atoms with Crippen molar-refractivity contribution in [2.75, 3.05) is 12.0 Å². The van der Waals surface area contributed by atoms with Crippen LogP contribution in [0.25, 0.3) is 0 Å². The van der Waals surface area contributed by atoms with E-state index in [4.69, 9.17) is 0 Å². The molecular formula is C22H27BrN2O4S. The van der Waals surface area contributed by atoms with Crippen molar-refractivity contribution < 1.29 is 18.0 Å². The Morgan fingerprint density at radius 1 is 1.03 bits per heavy atom. The molecule has 2 aromatic carbocycles. The molecule has 0 saturated heterocycles. The minimum atomic E-state index is -3.29. The van der Waals surface area contributed by atoms with E-state index in [9.17, 15) is 18.0 Å². The summed E-state index contributed by atoms with van der Waals surface area (Å²) in [6, 6.07) is 13.5. The highest BCUT2D eigenvalue weighted by atomic mass is 79.9. The van der Waals surface area contributed by atoms with Crippen LogP contribution in [0.1, 0.15) is 47.8 Å². The van der Waals surface area contributed by atoms with Gasteiger partial charge in [-0.15, -0.1) is 0 Å². The number of nitrogens with one attached hydrogen (secondary N) is 2. The minimum Gasteiger partial charge on any atom is -0.348 e. The first-order valence-electron chi connectivity index (χ1n) is 9.73. The molecule has 2 N–H and O–H groups in total. The van der Waals surface area contributed by atoms with Gasteiger partial charge in [0.25, 0.3) is 5.91 Å². The molecule has 0 aromatic heterocycles. The maximum absolute atomic E-state index is 12.9. The first-order valence-corrected chi connectivity index (χ1v) is 12.6. The molecule has 2 atom stereocenters. The number of halogens is 1. The number of sulfone groups is 1. The maximum Gasteiger partial charge on any atom is 0.253 e. The van der Waals surface area contributed by atoms with Crippen LogP contribution in [0.5, 0.6) is 0 Å². The molecule has 30 heavy (non-hydrogen) atoms. The summed E-state index contributed by atoms with van der Waals surface area (Å²) in [7, 11) is -3.29. The summed E-state index contributed by atoms with van der Waals surface area (Å²) in [4.78, 5) is 25.5. The summed E-state index contributed by atoms with van der Waals surface area (Å²) in [5.74, 6) is -1.08. The second kappa shape index (κ2) is 10.7. The second-order valence-corrected chi connectivity index (χ2v) is 10.4. The molecule has 0 bridgehead atoms. The van der Waals surface area contributed by atoms with Crippen molar-refractivity contribution in [2.45, 2.75) is 38.8 Å². The van der Waals surface area contributed by atoms with Crippen molar-refractivity contribution in [3.05, 3.63) is 69.7 Å². The van der Waals surface area contributed by atoms with Gasteiger partial charge in [-0.1, -0.05) is 43.3 Å². The lowest BCUT2D eigenvalue weighted by Crippen LogP contribution is -2.48.